The zero-order chi connectivity index (χ0) is 13.0. The first-order valence-corrected chi connectivity index (χ1v) is 6.11. The van der Waals surface area contributed by atoms with Crippen LogP contribution in [-0.4, -0.2) is 18.3 Å². The molecule has 0 saturated carbocycles. The third-order valence-corrected chi connectivity index (χ3v) is 2.73. The predicted molar refractivity (Wildman–Crippen MR) is 73.6 cm³/mol. The molecular formula is C14H17N3O. The summed E-state index contributed by atoms with van der Waals surface area (Å²) in [5, 5.41) is 2.86. The van der Waals surface area contributed by atoms with Gasteiger partial charge in [-0.2, -0.15) is 0 Å². The van der Waals surface area contributed by atoms with Gasteiger partial charge < -0.3 is 11.1 Å². The molecule has 0 aliphatic carbocycles. The highest BCUT2D eigenvalue weighted by molar-refractivity contribution is 6.05. The van der Waals surface area contributed by atoms with Crippen molar-refractivity contribution in [1.82, 2.24) is 5.32 Å². The highest BCUT2D eigenvalue weighted by atomic mass is 16.1. The highest BCUT2D eigenvalue weighted by Gasteiger charge is 2.14. The SMILES string of the molecule is CCCNC(=O)C1=Cc2ccccc2N=C(N)C1. The van der Waals surface area contributed by atoms with Crippen LogP contribution in [0.1, 0.15) is 25.3 Å². The minimum Gasteiger partial charge on any atom is -0.387 e. The van der Waals surface area contributed by atoms with Crippen LogP contribution in [0.15, 0.2) is 34.8 Å². The van der Waals surface area contributed by atoms with E-state index in [1.165, 1.54) is 0 Å². The number of hydrogen-bond acceptors (Lipinski definition) is 3. The quantitative estimate of drug-likeness (QED) is 0.852. The number of aliphatic imine (C=N–C) groups is 1. The number of benzene rings is 1. The van der Waals surface area contributed by atoms with Gasteiger partial charge in [0.25, 0.3) is 0 Å². The van der Waals surface area contributed by atoms with Crippen LogP contribution in [0, 0.1) is 0 Å². The van der Waals surface area contributed by atoms with E-state index in [1.807, 2.05) is 37.3 Å². The molecule has 1 heterocycles. The van der Waals surface area contributed by atoms with Gasteiger partial charge in [-0.3, -0.25) is 4.79 Å². The molecule has 1 aliphatic rings. The highest BCUT2D eigenvalue weighted by Crippen LogP contribution is 2.25. The Kier molecular flexibility index (Phi) is 3.77. The summed E-state index contributed by atoms with van der Waals surface area (Å²) in [6.45, 7) is 2.70. The number of hydrogen-bond donors (Lipinski definition) is 2. The number of fused-ring (bicyclic) bond motifs is 1. The molecule has 0 saturated heterocycles. The minimum atomic E-state index is -0.0632. The summed E-state index contributed by atoms with van der Waals surface area (Å²) in [6, 6.07) is 7.66. The maximum absolute atomic E-state index is 12.0. The van der Waals surface area contributed by atoms with Crippen LogP contribution < -0.4 is 11.1 Å². The lowest BCUT2D eigenvalue weighted by atomic mass is 10.1. The minimum absolute atomic E-state index is 0.0632. The Balaban J connectivity index is 2.31. The zero-order valence-electron chi connectivity index (χ0n) is 10.4. The lowest BCUT2D eigenvalue weighted by molar-refractivity contribution is -0.117. The van der Waals surface area contributed by atoms with Crippen molar-refractivity contribution in [3.63, 3.8) is 0 Å². The summed E-state index contributed by atoms with van der Waals surface area (Å²) in [6.07, 6.45) is 3.17. The van der Waals surface area contributed by atoms with E-state index in [1.54, 1.807) is 0 Å². The largest absolute Gasteiger partial charge is 0.387 e. The summed E-state index contributed by atoms with van der Waals surface area (Å²) in [5.41, 5.74) is 8.24. The molecule has 1 aromatic rings. The second-order valence-corrected chi connectivity index (χ2v) is 4.26. The van der Waals surface area contributed by atoms with Gasteiger partial charge in [-0.25, -0.2) is 4.99 Å². The molecule has 0 fully saturated rings. The first kappa shape index (κ1) is 12.4. The van der Waals surface area contributed by atoms with Crippen LogP contribution in [0.25, 0.3) is 6.08 Å². The van der Waals surface area contributed by atoms with Gasteiger partial charge in [0, 0.05) is 24.1 Å². The average Bonchev–Trinajstić information content (AvgIpc) is 2.53. The molecule has 0 unspecified atom stereocenters. The molecule has 0 spiro atoms. The molecule has 1 aliphatic heterocycles. The van der Waals surface area contributed by atoms with E-state index in [4.69, 9.17) is 5.73 Å². The van der Waals surface area contributed by atoms with Crippen molar-refractivity contribution in [2.75, 3.05) is 6.54 Å². The van der Waals surface area contributed by atoms with Crippen LogP contribution in [0.2, 0.25) is 0 Å². The first-order chi connectivity index (χ1) is 8.70. The molecule has 1 amide bonds. The van der Waals surface area contributed by atoms with Crippen molar-refractivity contribution in [2.45, 2.75) is 19.8 Å². The lowest BCUT2D eigenvalue weighted by Gasteiger charge is -2.06. The molecule has 1 aromatic carbocycles. The summed E-state index contributed by atoms with van der Waals surface area (Å²) < 4.78 is 0. The molecule has 2 rings (SSSR count). The molecule has 0 radical (unpaired) electrons. The van der Waals surface area contributed by atoms with Crippen molar-refractivity contribution in [1.29, 1.82) is 0 Å². The Bertz CT molecular complexity index is 518. The van der Waals surface area contributed by atoms with E-state index in [9.17, 15) is 4.79 Å². The fraction of sp³-hybridized carbons (Fsp3) is 0.286. The summed E-state index contributed by atoms with van der Waals surface area (Å²) in [4.78, 5) is 16.3. The predicted octanol–water partition coefficient (Wildman–Crippen LogP) is 1.99. The van der Waals surface area contributed by atoms with Crippen LogP contribution in [0.3, 0.4) is 0 Å². The summed E-state index contributed by atoms with van der Waals surface area (Å²) >= 11 is 0. The van der Waals surface area contributed by atoms with E-state index in [2.05, 4.69) is 10.3 Å². The van der Waals surface area contributed by atoms with Crippen LogP contribution in [-0.2, 0) is 4.79 Å². The average molecular weight is 243 g/mol. The zero-order valence-corrected chi connectivity index (χ0v) is 10.4. The number of para-hydroxylation sites is 1. The van der Waals surface area contributed by atoms with Gasteiger partial charge in [-0.1, -0.05) is 25.1 Å². The molecule has 94 valence electrons. The van der Waals surface area contributed by atoms with E-state index in [0.29, 0.717) is 24.4 Å². The fourth-order valence-corrected chi connectivity index (χ4v) is 1.84. The number of amidine groups is 1. The summed E-state index contributed by atoms with van der Waals surface area (Å²) in [7, 11) is 0. The number of rotatable bonds is 3. The monoisotopic (exact) mass is 243 g/mol. The standard InChI is InChI=1S/C14H17N3O/c1-2-7-16-14(18)11-8-10-5-3-4-6-12(10)17-13(15)9-11/h3-6,8H,2,7,9H2,1H3,(H2,15,17)(H,16,18). The van der Waals surface area contributed by atoms with E-state index >= 15 is 0 Å². The third-order valence-electron chi connectivity index (χ3n) is 2.73. The van der Waals surface area contributed by atoms with E-state index in [-0.39, 0.29) is 5.91 Å². The molecule has 18 heavy (non-hydrogen) atoms. The van der Waals surface area contributed by atoms with Crippen molar-refractivity contribution in [3.05, 3.63) is 35.4 Å². The van der Waals surface area contributed by atoms with Crippen molar-refractivity contribution < 1.29 is 4.79 Å². The molecule has 4 heteroatoms. The molecular weight excluding hydrogens is 226 g/mol. The third kappa shape index (κ3) is 2.77. The molecule has 4 nitrogen and oxygen atoms in total. The topological polar surface area (TPSA) is 67.5 Å². The smallest absolute Gasteiger partial charge is 0.247 e. The summed E-state index contributed by atoms with van der Waals surface area (Å²) in [5.74, 6) is 0.407. The van der Waals surface area contributed by atoms with Gasteiger partial charge in [0.1, 0.15) is 5.84 Å². The normalized spacial score (nSPS) is 14.1. The Morgan fingerprint density at radius 3 is 3.00 bits per heavy atom. The maximum Gasteiger partial charge on any atom is 0.247 e. The Morgan fingerprint density at radius 2 is 2.22 bits per heavy atom. The lowest BCUT2D eigenvalue weighted by Crippen LogP contribution is -2.27. The van der Waals surface area contributed by atoms with Gasteiger partial charge >= 0.3 is 0 Å². The molecule has 0 bridgehead atoms. The Morgan fingerprint density at radius 1 is 1.44 bits per heavy atom. The number of nitrogens with zero attached hydrogens (tertiary/aromatic N) is 1. The fourth-order valence-electron chi connectivity index (χ4n) is 1.84. The van der Waals surface area contributed by atoms with Crippen molar-refractivity contribution in [2.24, 2.45) is 10.7 Å². The number of carbonyl (C=O) groups is 1. The van der Waals surface area contributed by atoms with Gasteiger partial charge in [0.2, 0.25) is 5.91 Å². The number of nitrogens with two attached hydrogens (primary N) is 1. The van der Waals surface area contributed by atoms with Crippen molar-refractivity contribution in [3.8, 4) is 0 Å². The second-order valence-electron chi connectivity index (χ2n) is 4.26. The number of nitrogens with one attached hydrogen (secondary N) is 1. The maximum atomic E-state index is 12.0. The Labute approximate surface area is 107 Å². The second kappa shape index (κ2) is 5.49. The van der Waals surface area contributed by atoms with Gasteiger partial charge in [-0.05, 0) is 18.6 Å². The van der Waals surface area contributed by atoms with Crippen molar-refractivity contribution >= 4 is 23.5 Å². The molecule has 3 N–H and O–H groups in total. The van der Waals surface area contributed by atoms with Gasteiger partial charge in [0.15, 0.2) is 0 Å². The molecule has 0 aromatic heterocycles. The molecule has 0 atom stereocenters. The Hall–Kier alpha value is -2.10. The van der Waals surface area contributed by atoms with Crippen LogP contribution in [0.5, 0.6) is 0 Å². The number of carbonyl (C=O) groups excluding carboxylic acids is 1. The van der Waals surface area contributed by atoms with Crippen LogP contribution >= 0.6 is 0 Å². The van der Waals surface area contributed by atoms with Gasteiger partial charge in [-0.15, -0.1) is 0 Å². The first-order valence-electron chi connectivity index (χ1n) is 6.11. The number of amides is 1. The van der Waals surface area contributed by atoms with E-state index in [0.717, 1.165) is 17.7 Å². The van der Waals surface area contributed by atoms with Crippen LogP contribution in [0.4, 0.5) is 5.69 Å². The van der Waals surface area contributed by atoms with E-state index < -0.39 is 0 Å². The van der Waals surface area contributed by atoms with Gasteiger partial charge in [0.05, 0.1) is 5.69 Å².